The monoisotopic (exact) mass is 258 g/mol. The quantitative estimate of drug-likeness (QED) is 0.811. The Morgan fingerprint density at radius 1 is 1.47 bits per heavy atom. The predicted molar refractivity (Wildman–Crippen MR) is 70.4 cm³/mol. The van der Waals surface area contributed by atoms with Crippen molar-refractivity contribution in [2.45, 2.75) is 6.04 Å². The van der Waals surface area contributed by atoms with Crippen LogP contribution in [0.5, 0.6) is 5.75 Å². The third kappa shape index (κ3) is 1.96. The maximum absolute atomic E-state index is 12.0. The molecule has 19 heavy (non-hydrogen) atoms. The van der Waals surface area contributed by atoms with E-state index in [1.807, 2.05) is 30.5 Å². The molecule has 1 amide bonds. The molecular formula is C13H14N4O2. The normalized spacial score (nSPS) is 18.7. The number of carbonyl (C=O) groups is 1. The number of anilines is 1. The fourth-order valence-electron chi connectivity index (χ4n) is 2.07. The molecule has 0 unspecified atom stereocenters. The molecule has 1 aromatic heterocycles. The average molecular weight is 258 g/mol. The van der Waals surface area contributed by atoms with Crippen LogP contribution in [0.15, 0.2) is 36.7 Å². The summed E-state index contributed by atoms with van der Waals surface area (Å²) in [4.78, 5) is 13.5. The Morgan fingerprint density at radius 3 is 3.05 bits per heavy atom. The lowest BCUT2D eigenvalue weighted by atomic mass is 10.2. The Bertz CT molecular complexity index is 609. The van der Waals surface area contributed by atoms with E-state index >= 15 is 0 Å². The number of amides is 1. The zero-order valence-electron chi connectivity index (χ0n) is 10.5. The summed E-state index contributed by atoms with van der Waals surface area (Å²) in [5.41, 5.74) is 7.31. The van der Waals surface area contributed by atoms with Crippen LogP contribution in [0.4, 0.5) is 5.69 Å². The molecule has 1 aromatic carbocycles. The van der Waals surface area contributed by atoms with Gasteiger partial charge in [0, 0.05) is 19.4 Å². The first-order valence-electron chi connectivity index (χ1n) is 5.97. The Balaban J connectivity index is 2.07. The lowest BCUT2D eigenvalue weighted by molar-refractivity contribution is -0.119. The summed E-state index contributed by atoms with van der Waals surface area (Å²) in [6.45, 7) is 0.192. The summed E-state index contributed by atoms with van der Waals surface area (Å²) < 4.78 is 7.28. The SMILES string of the molecule is CN1C(=O)[C@@H](N)COc2ccc(-n3cccn3)cc21. The van der Waals surface area contributed by atoms with Crippen molar-refractivity contribution in [3.8, 4) is 11.4 Å². The summed E-state index contributed by atoms with van der Waals surface area (Å²) in [5, 5.41) is 4.17. The molecule has 6 nitrogen and oxygen atoms in total. The lowest BCUT2D eigenvalue weighted by Gasteiger charge is -2.18. The van der Waals surface area contributed by atoms with E-state index in [0.717, 1.165) is 5.69 Å². The molecule has 0 aliphatic carbocycles. The second-order valence-corrected chi connectivity index (χ2v) is 4.42. The minimum absolute atomic E-state index is 0.156. The number of likely N-dealkylation sites (N-methyl/N-ethyl adjacent to an activating group) is 1. The number of hydrogen-bond donors (Lipinski definition) is 1. The first-order valence-corrected chi connectivity index (χ1v) is 5.97. The Labute approximate surface area is 110 Å². The molecule has 0 bridgehead atoms. The molecule has 0 spiro atoms. The Kier molecular flexibility index (Phi) is 2.72. The summed E-state index contributed by atoms with van der Waals surface area (Å²) in [5.74, 6) is 0.496. The van der Waals surface area contributed by atoms with Gasteiger partial charge in [-0.2, -0.15) is 5.10 Å². The highest BCUT2D eigenvalue weighted by Gasteiger charge is 2.26. The van der Waals surface area contributed by atoms with Crippen molar-refractivity contribution in [1.29, 1.82) is 0 Å². The largest absolute Gasteiger partial charge is 0.489 e. The van der Waals surface area contributed by atoms with Gasteiger partial charge >= 0.3 is 0 Å². The van der Waals surface area contributed by atoms with Gasteiger partial charge in [0.2, 0.25) is 5.91 Å². The third-order valence-electron chi connectivity index (χ3n) is 3.14. The number of hydrogen-bond acceptors (Lipinski definition) is 4. The highest BCUT2D eigenvalue weighted by atomic mass is 16.5. The van der Waals surface area contributed by atoms with Gasteiger partial charge in [-0.15, -0.1) is 0 Å². The molecule has 98 valence electrons. The highest BCUT2D eigenvalue weighted by Crippen LogP contribution is 2.32. The molecule has 0 saturated heterocycles. The van der Waals surface area contributed by atoms with Gasteiger partial charge in [-0.25, -0.2) is 4.68 Å². The van der Waals surface area contributed by atoms with Gasteiger partial charge in [0.1, 0.15) is 18.4 Å². The molecule has 6 heteroatoms. The van der Waals surface area contributed by atoms with Crippen molar-refractivity contribution in [3.63, 3.8) is 0 Å². The molecule has 1 aliphatic heterocycles. The van der Waals surface area contributed by atoms with Crippen molar-refractivity contribution < 1.29 is 9.53 Å². The van der Waals surface area contributed by atoms with E-state index in [-0.39, 0.29) is 12.5 Å². The van der Waals surface area contributed by atoms with Gasteiger partial charge in [0.05, 0.1) is 11.4 Å². The van der Waals surface area contributed by atoms with Crippen LogP contribution in [-0.2, 0) is 4.79 Å². The molecule has 2 N–H and O–H groups in total. The fourth-order valence-corrected chi connectivity index (χ4v) is 2.07. The maximum atomic E-state index is 12.0. The predicted octanol–water partition coefficient (Wildman–Crippen LogP) is 0.555. The van der Waals surface area contributed by atoms with E-state index in [0.29, 0.717) is 11.4 Å². The highest BCUT2D eigenvalue weighted by molar-refractivity contribution is 5.98. The van der Waals surface area contributed by atoms with Gasteiger partial charge in [0.15, 0.2) is 0 Å². The number of carbonyl (C=O) groups excluding carboxylic acids is 1. The van der Waals surface area contributed by atoms with E-state index in [9.17, 15) is 4.79 Å². The van der Waals surface area contributed by atoms with Gasteiger partial charge in [0.25, 0.3) is 0 Å². The number of nitrogens with zero attached hydrogens (tertiary/aromatic N) is 3. The molecule has 2 heterocycles. The summed E-state index contributed by atoms with van der Waals surface area (Å²) >= 11 is 0. The minimum Gasteiger partial charge on any atom is -0.489 e. The first-order chi connectivity index (χ1) is 9.16. The topological polar surface area (TPSA) is 73.4 Å². The number of aromatic nitrogens is 2. The van der Waals surface area contributed by atoms with Crippen LogP contribution in [0, 0.1) is 0 Å². The molecule has 2 aromatic rings. The van der Waals surface area contributed by atoms with Gasteiger partial charge in [-0.1, -0.05) is 0 Å². The second-order valence-electron chi connectivity index (χ2n) is 4.42. The minimum atomic E-state index is -0.634. The fraction of sp³-hybridized carbons (Fsp3) is 0.231. The summed E-state index contributed by atoms with van der Waals surface area (Å²) in [6, 6.07) is 6.78. The van der Waals surface area contributed by atoms with Crippen LogP contribution in [0.25, 0.3) is 5.69 Å². The standard InChI is InChI=1S/C13H14N4O2/c1-16-11-7-9(17-6-2-5-15-17)3-4-12(11)19-8-10(14)13(16)18/h2-7,10H,8,14H2,1H3/t10-/m0/s1. The number of benzene rings is 1. The number of fused-ring (bicyclic) bond motifs is 1. The van der Waals surface area contributed by atoms with E-state index in [4.69, 9.17) is 10.5 Å². The van der Waals surface area contributed by atoms with Crippen LogP contribution >= 0.6 is 0 Å². The molecular weight excluding hydrogens is 244 g/mol. The van der Waals surface area contributed by atoms with Crippen LogP contribution < -0.4 is 15.4 Å². The molecule has 1 atom stereocenters. The zero-order chi connectivity index (χ0) is 13.4. The summed E-state index contributed by atoms with van der Waals surface area (Å²) in [7, 11) is 1.70. The van der Waals surface area contributed by atoms with E-state index in [1.165, 1.54) is 4.90 Å². The molecule has 0 radical (unpaired) electrons. The zero-order valence-corrected chi connectivity index (χ0v) is 10.5. The number of ether oxygens (including phenoxy) is 1. The van der Waals surface area contributed by atoms with Crippen LogP contribution in [0.1, 0.15) is 0 Å². The van der Waals surface area contributed by atoms with Crippen molar-refractivity contribution in [3.05, 3.63) is 36.7 Å². The van der Waals surface area contributed by atoms with Gasteiger partial charge in [-0.3, -0.25) is 4.79 Å². The Hall–Kier alpha value is -2.34. The smallest absolute Gasteiger partial charge is 0.247 e. The van der Waals surface area contributed by atoms with Gasteiger partial charge < -0.3 is 15.4 Å². The van der Waals surface area contributed by atoms with Crippen molar-refractivity contribution >= 4 is 11.6 Å². The number of rotatable bonds is 1. The van der Waals surface area contributed by atoms with E-state index < -0.39 is 6.04 Å². The average Bonchev–Trinajstić information content (AvgIpc) is 2.94. The van der Waals surface area contributed by atoms with Crippen molar-refractivity contribution in [2.75, 3.05) is 18.6 Å². The molecule has 0 saturated carbocycles. The third-order valence-corrected chi connectivity index (χ3v) is 3.14. The molecule has 1 aliphatic rings. The maximum Gasteiger partial charge on any atom is 0.247 e. The van der Waals surface area contributed by atoms with Crippen LogP contribution in [0.3, 0.4) is 0 Å². The molecule has 0 fully saturated rings. The first kappa shape index (κ1) is 11.7. The second kappa shape index (κ2) is 4.40. The van der Waals surface area contributed by atoms with Crippen molar-refractivity contribution in [2.24, 2.45) is 5.73 Å². The van der Waals surface area contributed by atoms with Crippen LogP contribution in [-0.4, -0.2) is 35.4 Å². The van der Waals surface area contributed by atoms with E-state index in [2.05, 4.69) is 5.10 Å². The number of nitrogens with two attached hydrogens (primary N) is 1. The van der Waals surface area contributed by atoms with Crippen LogP contribution in [0.2, 0.25) is 0 Å². The van der Waals surface area contributed by atoms with Crippen molar-refractivity contribution in [1.82, 2.24) is 9.78 Å². The lowest BCUT2D eigenvalue weighted by Crippen LogP contribution is -2.43. The van der Waals surface area contributed by atoms with Gasteiger partial charge in [-0.05, 0) is 24.3 Å². The Morgan fingerprint density at radius 2 is 2.32 bits per heavy atom. The van der Waals surface area contributed by atoms with E-state index in [1.54, 1.807) is 17.9 Å². The summed E-state index contributed by atoms with van der Waals surface area (Å²) in [6.07, 6.45) is 3.54. The molecule has 3 rings (SSSR count).